The van der Waals surface area contributed by atoms with Crippen LogP contribution >= 0.6 is 0 Å². The smallest absolute Gasteiger partial charge is 0.220 e. The molecule has 0 spiro atoms. The lowest BCUT2D eigenvalue weighted by atomic mass is 10.0. The number of nitrogens with one attached hydrogen (secondary N) is 1. The van der Waals surface area contributed by atoms with Crippen molar-refractivity contribution in [2.45, 2.75) is 123 Å². The molecular weight excluding hydrogens is 320 g/mol. The molecule has 0 heterocycles. The summed E-state index contributed by atoms with van der Waals surface area (Å²) in [5.41, 5.74) is 0. The molecule has 2 atom stereocenters. The standard InChI is InChI=1S/C23H48N2O/c1-7-9-11-12-13-14-15-16-17-19-23(26)24-22(18-10-8-2)20-21(3)25(4,5)6/h21-22H,7-20H2,1-6H3/p+1. The Balaban J connectivity index is 3.95. The van der Waals surface area contributed by atoms with Crippen LogP contribution in [0.2, 0.25) is 0 Å². The third kappa shape index (κ3) is 14.6. The third-order valence-corrected chi connectivity index (χ3v) is 5.73. The summed E-state index contributed by atoms with van der Waals surface area (Å²) >= 11 is 0. The van der Waals surface area contributed by atoms with Crippen LogP contribution < -0.4 is 5.32 Å². The molecule has 0 saturated carbocycles. The van der Waals surface area contributed by atoms with Crippen molar-refractivity contribution in [3.05, 3.63) is 0 Å². The minimum atomic E-state index is 0.266. The highest BCUT2D eigenvalue weighted by atomic mass is 16.1. The van der Waals surface area contributed by atoms with Crippen LogP contribution in [0, 0.1) is 0 Å². The second-order valence-electron chi connectivity index (χ2n) is 9.19. The number of hydrogen-bond acceptors (Lipinski definition) is 1. The molecule has 3 nitrogen and oxygen atoms in total. The first kappa shape index (κ1) is 25.4. The van der Waals surface area contributed by atoms with E-state index in [2.05, 4.69) is 47.2 Å². The van der Waals surface area contributed by atoms with E-state index in [0.717, 1.165) is 23.7 Å². The van der Waals surface area contributed by atoms with E-state index in [1.165, 1.54) is 64.2 Å². The van der Waals surface area contributed by atoms with Crippen molar-refractivity contribution in [2.24, 2.45) is 0 Å². The fourth-order valence-corrected chi connectivity index (χ4v) is 3.32. The zero-order valence-corrected chi connectivity index (χ0v) is 18.9. The maximum Gasteiger partial charge on any atom is 0.220 e. The van der Waals surface area contributed by atoms with Gasteiger partial charge < -0.3 is 9.80 Å². The second-order valence-corrected chi connectivity index (χ2v) is 9.19. The number of carbonyl (C=O) groups is 1. The van der Waals surface area contributed by atoms with Crippen molar-refractivity contribution in [3.63, 3.8) is 0 Å². The van der Waals surface area contributed by atoms with Crippen LogP contribution in [-0.4, -0.2) is 43.6 Å². The van der Waals surface area contributed by atoms with Crippen molar-refractivity contribution in [1.29, 1.82) is 0 Å². The van der Waals surface area contributed by atoms with Crippen molar-refractivity contribution < 1.29 is 9.28 Å². The van der Waals surface area contributed by atoms with Crippen LogP contribution in [0.25, 0.3) is 0 Å². The highest BCUT2D eigenvalue weighted by Crippen LogP contribution is 2.15. The number of carbonyl (C=O) groups excluding carboxylic acids is 1. The Labute approximate surface area is 164 Å². The zero-order chi connectivity index (χ0) is 19.8. The average molecular weight is 370 g/mol. The van der Waals surface area contributed by atoms with E-state index in [1.54, 1.807) is 0 Å². The lowest BCUT2D eigenvalue weighted by Gasteiger charge is -2.34. The van der Waals surface area contributed by atoms with Gasteiger partial charge in [-0.05, 0) is 19.8 Å². The first-order chi connectivity index (χ1) is 12.3. The minimum Gasteiger partial charge on any atom is -0.353 e. The fraction of sp³-hybridized carbons (Fsp3) is 0.957. The van der Waals surface area contributed by atoms with E-state index in [0.29, 0.717) is 18.5 Å². The van der Waals surface area contributed by atoms with Gasteiger partial charge in [-0.3, -0.25) is 4.79 Å². The fourth-order valence-electron chi connectivity index (χ4n) is 3.32. The molecule has 0 aliphatic carbocycles. The Morgan fingerprint density at radius 1 is 0.808 bits per heavy atom. The predicted octanol–water partition coefficient (Wildman–Crippen LogP) is 6.07. The molecule has 3 heteroatoms. The van der Waals surface area contributed by atoms with E-state index < -0.39 is 0 Å². The lowest BCUT2D eigenvalue weighted by Crippen LogP contribution is -2.47. The van der Waals surface area contributed by atoms with E-state index in [1.807, 2.05) is 0 Å². The van der Waals surface area contributed by atoms with Gasteiger partial charge in [-0.2, -0.15) is 0 Å². The number of rotatable bonds is 17. The molecule has 2 unspecified atom stereocenters. The minimum absolute atomic E-state index is 0.266. The topological polar surface area (TPSA) is 29.1 Å². The normalized spacial score (nSPS) is 14.2. The van der Waals surface area contributed by atoms with Gasteiger partial charge in [0, 0.05) is 18.9 Å². The van der Waals surface area contributed by atoms with Gasteiger partial charge in [-0.1, -0.05) is 78.1 Å². The molecule has 0 aromatic rings. The van der Waals surface area contributed by atoms with Gasteiger partial charge in [-0.25, -0.2) is 0 Å². The van der Waals surface area contributed by atoms with Crippen LogP contribution in [0.5, 0.6) is 0 Å². The molecule has 156 valence electrons. The summed E-state index contributed by atoms with van der Waals surface area (Å²) in [4.78, 5) is 12.3. The quantitative estimate of drug-likeness (QED) is 0.245. The summed E-state index contributed by atoms with van der Waals surface area (Å²) in [6.45, 7) is 6.79. The molecule has 0 aromatic heterocycles. The largest absolute Gasteiger partial charge is 0.353 e. The van der Waals surface area contributed by atoms with Gasteiger partial charge in [0.1, 0.15) is 0 Å². The maximum absolute atomic E-state index is 12.3. The van der Waals surface area contributed by atoms with Crippen molar-refractivity contribution >= 4 is 5.91 Å². The van der Waals surface area contributed by atoms with Crippen LogP contribution in [0.3, 0.4) is 0 Å². The third-order valence-electron chi connectivity index (χ3n) is 5.73. The Morgan fingerprint density at radius 2 is 1.31 bits per heavy atom. The van der Waals surface area contributed by atoms with Crippen LogP contribution in [0.4, 0.5) is 0 Å². The molecule has 0 aliphatic heterocycles. The Kier molecular flexibility index (Phi) is 15.1. The van der Waals surface area contributed by atoms with Gasteiger partial charge >= 0.3 is 0 Å². The zero-order valence-electron chi connectivity index (χ0n) is 18.9. The van der Waals surface area contributed by atoms with E-state index in [9.17, 15) is 4.79 Å². The average Bonchev–Trinajstić information content (AvgIpc) is 2.57. The second kappa shape index (κ2) is 15.5. The monoisotopic (exact) mass is 369 g/mol. The molecule has 0 fully saturated rings. The first-order valence-corrected chi connectivity index (χ1v) is 11.4. The van der Waals surface area contributed by atoms with Crippen LogP contribution in [-0.2, 0) is 4.79 Å². The summed E-state index contributed by atoms with van der Waals surface area (Å²) < 4.78 is 0.955. The Hall–Kier alpha value is -0.570. The highest BCUT2D eigenvalue weighted by molar-refractivity contribution is 5.76. The summed E-state index contributed by atoms with van der Waals surface area (Å²) in [7, 11) is 6.73. The summed E-state index contributed by atoms with van der Waals surface area (Å²) in [6.07, 6.45) is 17.0. The lowest BCUT2D eigenvalue weighted by molar-refractivity contribution is -0.894. The van der Waals surface area contributed by atoms with Gasteiger partial charge in [0.15, 0.2) is 0 Å². The summed E-state index contributed by atoms with van der Waals surface area (Å²) in [5.74, 6) is 0.266. The van der Waals surface area contributed by atoms with Crippen LogP contribution in [0.1, 0.15) is 111 Å². The molecule has 26 heavy (non-hydrogen) atoms. The van der Waals surface area contributed by atoms with E-state index in [-0.39, 0.29) is 5.91 Å². The highest BCUT2D eigenvalue weighted by Gasteiger charge is 2.23. The molecule has 0 aromatic carbocycles. The SMILES string of the molecule is CCCCCCCCCCCC(=O)NC(CCCC)CC(C)[N+](C)(C)C. The molecule has 0 saturated heterocycles. The number of unbranched alkanes of at least 4 members (excludes halogenated alkanes) is 9. The van der Waals surface area contributed by atoms with Gasteiger partial charge in [0.2, 0.25) is 5.91 Å². The van der Waals surface area contributed by atoms with Gasteiger partial charge in [0.25, 0.3) is 0 Å². The first-order valence-electron chi connectivity index (χ1n) is 11.4. The number of hydrogen-bond donors (Lipinski definition) is 1. The predicted molar refractivity (Wildman–Crippen MR) is 115 cm³/mol. The Bertz CT molecular complexity index is 336. The van der Waals surface area contributed by atoms with Gasteiger partial charge in [-0.15, -0.1) is 0 Å². The van der Waals surface area contributed by atoms with E-state index >= 15 is 0 Å². The van der Waals surface area contributed by atoms with Gasteiger partial charge in [0.05, 0.1) is 27.2 Å². The maximum atomic E-state index is 12.3. The van der Waals surface area contributed by atoms with Crippen molar-refractivity contribution in [1.82, 2.24) is 5.32 Å². The van der Waals surface area contributed by atoms with Crippen molar-refractivity contribution in [2.75, 3.05) is 21.1 Å². The van der Waals surface area contributed by atoms with E-state index in [4.69, 9.17) is 0 Å². The molecular formula is C23H49N2O+. The molecule has 1 amide bonds. The summed E-state index contributed by atoms with van der Waals surface area (Å²) in [5, 5.41) is 3.33. The van der Waals surface area contributed by atoms with Crippen molar-refractivity contribution in [3.8, 4) is 0 Å². The summed E-state index contributed by atoms with van der Waals surface area (Å²) in [6, 6.07) is 0.901. The molecule has 0 radical (unpaired) electrons. The number of quaternary nitrogens is 1. The molecule has 0 rings (SSSR count). The molecule has 0 bridgehead atoms. The number of amides is 1. The molecule has 1 N–H and O–H groups in total. The number of nitrogens with zero attached hydrogens (tertiary/aromatic N) is 1. The Morgan fingerprint density at radius 3 is 1.81 bits per heavy atom. The molecule has 0 aliphatic rings. The van der Waals surface area contributed by atoms with Crippen LogP contribution in [0.15, 0.2) is 0 Å².